The van der Waals surface area contributed by atoms with Gasteiger partial charge in [0.2, 0.25) is 11.7 Å². The molecule has 0 spiro atoms. The van der Waals surface area contributed by atoms with Crippen molar-refractivity contribution in [1.82, 2.24) is 10.9 Å². The van der Waals surface area contributed by atoms with E-state index in [2.05, 4.69) is 10.9 Å². The molecule has 1 aliphatic heterocycles. The average Bonchev–Trinajstić information content (AvgIpc) is 3.19. The predicted octanol–water partition coefficient (Wildman–Crippen LogP) is 1.14. The number of nitrogens with one attached hydrogen (secondary N) is 2. The highest BCUT2D eigenvalue weighted by molar-refractivity contribution is 7.91. The zero-order valence-corrected chi connectivity index (χ0v) is 13.5. The second-order valence-electron chi connectivity index (χ2n) is 5.57. The second-order valence-corrected chi connectivity index (χ2v) is 7.80. The molecule has 7 nitrogen and oxygen atoms in total. The Hall–Kier alpha value is -2.61. The molecule has 2 N–H and O–H groups in total. The van der Waals surface area contributed by atoms with Crippen molar-refractivity contribution in [3.63, 3.8) is 0 Å². The molecule has 2 heterocycles. The highest BCUT2D eigenvalue weighted by Gasteiger charge is 2.33. The van der Waals surface area contributed by atoms with Gasteiger partial charge in [-0.2, -0.15) is 0 Å². The molecule has 3 rings (SSSR count). The number of benzene rings is 1. The first-order valence-corrected chi connectivity index (χ1v) is 9.22. The fraction of sp³-hybridized carbons (Fsp3) is 0.250. The molecule has 2 amide bonds. The summed E-state index contributed by atoms with van der Waals surface area (Å²) in [6.45, 7) is 0. The summed E-state index contributed by atoms with van der Waals surface area (Å²) in [6, 6.07) is 10.9. The number of rotatable bonds is 3. The van der Waals surface area contributed by atoms with Gasteiger partial charge in [-0.05, 0) is 18.1 Å². The predicted molar refractivity (Wildman–Crippen MR) is 86.5 cm³/mol. The third kappa shape index (κ3) is 3.48. The van der Waals surface area contributed by atoms with E-state index in [0.717, 1.165) is 5.56 Å². The van der Waals surface area contributed by atoms with Gasteiger partial charge in [0.1, 0.15) is 0 Å². The van der Waals surface area contributed by atoms with Crippen LogP contribution >= 0.6 is 0 Å². The van der Waals surface area contributed by atoms with Gasteiger partial charge in [-0.25, -0.2) is 8.42 Å². The Morgan fingerprint density at radius 2 is 1.83 bits per heavy atom. The molecule has 8 heteroatoms. The summed E-state index contributed by atoms with van der Waals surface area (Å²) < 4.78 is 28.0. The Kier molecular flexibility index (Phi) is 4.39. The van der Waals surface area contributed by atoms with Crippen LogP contribution in [0.25, 0.3) is 11.1 Å². The van der Waals surface area contributed by atoms with E-state index in [-0.39, 0.29) is 23.7 Å². The smallest absolute Gasteiger partial charge is 0.306 e. The van der Waals surface area contributed by atoms with Gasteiger partial charge in [-0.15, -0.1) is 0 Å². The van der Waals surface area contributed by atoms with Gasteiger partial charge >= 0.3 is 5.91 Å². The standard InChI is InChI=1S/C16H16N2O5S/c19-15(12-7-9-24(21,22)10-12)17-18-16(20)14-13(6-8-23-14)11-4-2-1-3-5-11/h1-6,8,12H,7,9-10H2,(H,17,19)(H,18,20). The molecule has 1 unspecified atom stereocenters. The molecular formula is C16H16N2O5S. The Balaban J connectivity index is 1.65. The lowest BCUT2D eigenvalue weighted by Gasteiger charge is -2.10. The van der Waals surface area contributed by atoms with Gasteiger partial charge in [0.05, 0.1) is 23.7 Å². The lowest BCUT2D eigenvalue weighted by Crippen LogP contribution is -2.44. The lowest BCUT2D eigenvalue weighted by molar-refractivity contribution is -0.125. The number of furan rings is 1. The summed E-state index contributed by atoms with van der Waals surface area (Å²) in [7, 11) is -3.16. The topological polar surface area (TPSA) is 105 Å². The minimum Gasteiger partial charge on any atom is -0.458 e. The molecule has 24 heavy (non-hydrogen) atoms. The van der Waals surface area contributed by atoms with Gasteiger partial charge in [0, 0.05) is 5.56 Å². The van der Waals surface area contributed by atoms with E-state index in [0.29, 0.717) is 5.56 Å². The minimum atomic E-state index is -3.16. The molecule has 1 aliphatic rings. The Morgan fingerprint density at radius 1 is 1.08 bits per heavy atom. The summed E-state index contributed by atoms with van der Waals surface area (Å²) in [6.07, 6.45) is 1.66. The van der Waals surface area contributed by atoms with Crippen molar-refractivity contribution < 1.29 is 22.4 Å². The SMILES string of the molecule is O=C(NNC(=O)C1CCS(=O)(=O)C1)c1occc1-c1ccccc1. The van der Waals surface area contributed by atoms with Crippen molar-refractivity contribution in [1.29, 1.82) is 0 Å². The molecular weight excluding hydrogens is 332 g/mol. The number of carbonyl (C=O) groups is 2. The molecule has 0 radical (unpaired) electrons. The Labute approximate surface area is 138 Å². The normalized spacial score (nSPS) is 18.9. The van der Waals surface area contributed by atoms with Gasteiger partial charge in [-0.1, -0.05) is 30.3 Å². The van der Waals surface area contributed by atoms with Crippen molar-refractivity contribution >= 4 is 21.7 Å². The monoisotopic (exact) mass is 348 g/mol. The first-order valence-electron chi connectivity index (χ1n) is 7.40. The first-order chi connectivity index (χ1) is 11.5. The van der Waals surface area contributed by atoms with Crippen molar-refractivity contribution in [3.8, 4) is 11.1 Å². The molecule has 0 bridgehead atoms. The highest BCUT2D eigenvalue weighted by atomic mass is 32.2. The third-order valence-corrected chi connectivity index (χ3v) is 5.63. The molecule has 1 saturated heterocycles. The minimum absolute atomic E-state index is 0.00459. The van der Waals surface area contributed by atoms with Crippen LogP contribution in [0.4, 0.5) is 0 Å². The maximum Gasteiger partial charge on any atom is 0.306 e. The van der Waals surface area contributed by atoms with Crippen molar-refractivity contribution in [2.75, 3.05) is 11.5 Å². The number of hydrogen-bond acceptors (Lipinski definition) is 5. The molecule has 0 aliphatic carbocycles. The number of hydrogen-bond donors (Lipinski definition) is 2. The quantitative estimate of drug-likeness (QED) is 0.809. The number of sulfone groups is 1. The number of amides is 2. The molecule has 126 valence electrons. The van der Waals surface area contributed by atoms with Crippen molar-refractivity contribution in [3.05, 3.63) is 48.4 Å². The van der Waals surface area contributed by atoms with Crippen molar-refractivity contribution in [2.45, 2.75) is 6.42 Å². The molecule has 2 aromatic rings. The van der Waals surface area contributed by atoms with E-state index in [1.165, 1.54) is 6.26 Å². The second kappa shape index (κ2) is 6.48. The van der Waals surface area contributed by atoms with E-state index in [1.807, 2.05) is 30.3 Å². The first kappa shape index (κ1) is 16.3. The van der Waals surface area contributed by atoms with Crippen LogP contribution in [0.5, 0.6) is 0 Å². The maximum atomic E-state index is 12.2. The van der Waals surface area contributed by atoms with Crippen LogP contribution in [-0.4, -0.2) is 31.7 Å². The molecule has 0 saturated carbocycles. The van der Waals surface area contributed by atoms with E-state index in [4.69, 9.17) is 4.42 Å². The Morgan fingerprint density at radius 3 is 2.50 bits per heavy atom. The summed E-state index contributed by atoms with van der Waals surface area (Å²) in [5.41, 5.74) is 5.95. The lowest BCUT2D eigenvalue weighted by atomic mass is 10.1. The third-order valence-electron chi connectivity index (χ3n) is 3.86. The van der Waals surface area contributed by atoms with Gasteiger partial charge in [0.25, 0.3) is 0 Å². The average molecular weight is 348 g/mol. The molecule has 1 aromatic carbocycles. The van der Waals surface area contributed by atoms with Crippen LogP contribution in [-0.2, 0) is 14.6 Å². The van der Waals surface area contributed by atoms with E-state index >= 15 is 0 Å². The molecule has 1 fully saturated rings. The van der Waals surface area contributed by atoms with Crippen LogP contribution in [0.3, 0.4) is 0 Å². The van der Waals surface area contributed by atoms with Gasteiger partial charge in [-0.3, -0.25) is 20.4 Å². The highest BCUT2D eigenvalue weighted by Crippen LogP contribution is 2.24. The van der Waals surface area contributed by atoms with Crippen molar-refractivity contribution in [2.24, 2.45) is 5.92 Å². The summed E-state index contributed by atoms with van der Waals surface area (Å²) >= 11 is 0. The fourth-order valence-electron chi connectivity index (χ4n) is 2.61. The largest absolute Gasteiger partial charge is 0.458 e. The Bertz CT molecular complexity index is 858. The fourth-order valence-corrected chi connectivity index (χ4v) is 4.35. The number of hydrazine groups is 1. The van der Waals surface area contributed by atoms with E-state index in [1.54, 1.807) is 6.07 Å². The zero-order chi connectivity index (χ0) is 17.2. The summed E-state index contributed by atoms with van der Waals surface area (Å²) in [5.74, 6) is -1.88. The summed E-state index contributed by atoms with van der Waals surface area (Å²) in [4.78, 5) is 24.1. The van der Waals surface area contributed by atoms with Crippen LogP contribution in [0.2, 0.25) is 0 Å². The van der Waals surface area contributed by atoms with Crippen LogP contribution < -0.4 is 10.9 Å². The van der Waals surface area contributed by atoms with Crippen LogP contribution in [0, 0.1) is 5.92 Å². The summed E-state index contributed by atoms with van der Waals surface area (Å²) in [5, 5.41) is 0. The van der Waals surface area contributed by atoms with E-state index in [9.17, 15) is 18.0 Å². The maximum absolute atomic E-state index is 12.2. The zero-order valence-electron chi connectivity index (χ0n) is 12.7. The molecule has 1 aromatic heterocycles. The van der Waals surface area contributed by atoms with Gasteiger partial charge in [0.15, 0.2) is 9.84 Å². The van der Waals surface area contributed by atoms with Gasteiger partial charge < -0.3 is 4.42 Å². The van der Waals surface area contributed by atoms with Crippen LogP contribution in [0.15, 0.2) is 47.1 Å². The number of carbonyl (C=O) groups excluding carboxylic acids is 2. The van der Waals surface area contributed by atoms with Crippen LogP contribution in [0.1, 0.15) is 17.0 Å². The molecule has 1 atom stereocenters. The van der Waals surface area contributed by atoms with E-state index < -0.39 is 27.6 Å².